The minimum absolute atomic E-state index is 0.899. The summed E-state index contributed by atoms with van der Waals surface area (Å²) in [6.07, 6.45) is 1.82. The summed E-state index contributed by atoms with van der Waals surface area (Å²) >= 11 is 1.74. The van der Waals surface area contributed by atoms with Gasteiger partial charge in [0.05, 0.1) is 0 Å². The van der Waals surface area contributed by atoms with E-state index in [9.17, 15) is 0 Å². The summed E-state index contributed by atoms with van der Waals surface area (Å²) in [6, 6.07) is 14.4. The first kappa shape index (κ1) is 10.1. The second-order valence-corrected chi connectivity index (χ2v) is 4.19. The summed E-state index contributed by atoms with van der Waals surface area (Å²) in [4.78, 5) is 6.61. The average molecular weight is 216 g/mol. The van der Waals surface area contributed by atoms with Gasteiger partial charge >= 0.3 is 0 Å². The maximum atomic E-state index is 4.18. The van der Waals surface area contributed by atoms with E-state index in [1.54, 1.807) is 11.8 Å². The summed E-state index contributed by atoms with van der Waals surface area (Å²) in [5, 5.41) is 3.03. The van der Waals surface area contributed by atoms with Gasteiger partial charge in [-0.25, -0.2) is 4.98 Å². The maximum absolute atomic E-state index is 4.18. The molecule has 76 valence electrons. The number of benzene rings is 1. The molecule has 0 saturated heterocycles. The van der Waals surface area contributed by atoms with E-state index in [1.165, 1.54) is 9.79 Å². The largest absolute Gasteiger partial charge is 0.373 e. The lowest BCUT2D eigenvalue weighted by molar-refractivity contribution is 1.23. The Morgan fingerprint density at radius 1 is 1.07 bits per heavy atom. The highest BCUT2D eigenvalue weighted by molar-refractivity contribution is 7.99. The molecule has 0 bridgehead atoms. The molecule has 0 aliphatic carbocycles. The number of rotatable bonds is 3. The van der Waals surface area contributed by atoms with Crippen LogP contribution in [0.5, 0.6) is 0 Å². The Bertz CT molecular complexity index is 429. The molecule has 0 unspecified atom stereocenters. The molecule has 2 rings (SSSR count). The van der Waals surface area contributed by atoms with Crippen molar-refractivity contribution in [3.8, 4) is 0 Å². The van der Waals surface area contributed by atoms with Gasteiger partial charge in [0, 0.05) is 23.0 Å². The van der Waals surface area contributed by atoms with Crippen molar-refractivity contribution in [2.24, 2.45) is 0 Å². The quantitative estimate of drug-likeness (QED) is 0.852. The summed E-state index contributed by atoms with van der Waals surface area (Å²) in [5.41, 5.74) is 0. The molecule has 0 aliphatic heterocycles. The summed E-state index contributed by atoms with van der Waals surface area (Å²) in [7, 11) is 1.87. The number of pyridine rings is 1. The Balaban J connectivity index is 2.17. The highest BCUT2D eigenvalue weighted by Gasteiger charge is 1.97. The molecule has 0 fully saturated rings. The molecule has 1 heterocycles. The van der Waals surface area contributed by atoms with Crippen molar-refractivity contribution in [3.05, 3.63) is 48.7 Å². The van der Waals surface area contributed by atoms with Crippen molar-refractivity contribution in [1.82, 2.24) is 4.98 Å². The van der Waals surface area contributed by atoms with Gasteiger partial charge in [-0.3, -0.25) is 0 Å². The fourth-order valence-electron chi connectivity index (χ4n) is 1.24. The van der Waals surface area contributed by atoms with E-state index >= 15 is 0 Å². The van der Waals surface area contributed by atoms with Gasteiger partial charge in [-0.05, 0) is 24.3 Å². The van der Waals surface area contributed by atoms with Gasteiger partial charge in [0.25, 0.3) is 0 Å². The van der Waals surface area contributed by atoms with Crippen LogP contribution in [0, 0.1) is 0 Å². The fourth-order valence-corrected chi connectivity index (χ4v) is 2.10. The smallest absolute Gasteiger partial charge is 0.126 e. The first-order chi connectivity index (χ1) is 7.38. The predicted molar refractivity (Wildman–Crippen MR) is 64.3 cm³/mol. The minimum atomic E-state index is 0.899. The number of hydrogen-bond donors (Lipinski definition) is 1. The lowest BCUT2D eigenvalue weighted by atomic mass is 10.4. The molecule has 1 N–H and O–H groups in total. The van der Waals surface area contributed by atoms with E-state index in [-0.39, 0.29) is 0 Å². The molecule has 2 aromatic rings. The third-order valence-electron chi connectivity index (χ3n) is 1.97. The lowest BCUT2D eigenvalue weighted by Gasteiger charge is -2.03. The zero-order valence-corrected chi connectivity index (χ0v) is 9.29. The van der Waals surface area contributed by atoms with Crippen LogP contribution >= 0.6 is 11.8 Å². The van der Waals surface area contributed by atoms with Crippen LogP contribution < -0.4 is 5.32 Å². The Labute approximate surface area is 93.7 Å². The monoisotopic (exact) mass is 216 g/mol. The molecule has 0 saturated carbocycles. The van der Waals surface area contributed by atoms with Gasteiger partial charge in [-0.1, -0.05) is 30.0 Å². The average Bonchev–Trinajstić information content (AvgIpc) is 2.31. The molecule has 1 aromatic carbocycles. The summed E-state index contributed by atoms with van der Waals surface area (Å²) in [6.45, 7) is 0. The zero-order chi connectivity index (χ0) is 10.5. The van der Waals surface area contributed by atoms with Crippen LogP contribution in [0.2, 0.25) is 0 Å². The van der Waals surface area contributed by atoms with Crippen LogP contribution in [-0.4, -0.2) is 12.0 Å². The number of anilines is 1. The minimum Gasteiger partial charge on any atom is -0.373 e. The number of hydrogen-bond acceptors (Lipinski definition) is 3. The van der Waals surface area contributed by atoms with Crippen LogP contribution in [0.25, 0.3) is 0 Å². The SMILES string of the molecule is CNc1cc(Sc2ccccc2)ccn1. The molecule has 1 aromatic heterocycles. The topological polar surface area (TPSA) is 24.9 Å². The third kappa shape index (κ3) is 2.73. The van der Waals surface area contributed by atoms with Crippen LogP contribution in [0.4, 0.5) is 5.82 Å². The van der Waals surface area contributed by atoms with Crippen LogP contribution in [0.1, 0.15) is 0 Å². The molecule has 0 spiro atoms. The number of nitrogens with one attached hydrogen (secondary N) is 1. The van der Waals surface area contributed by atoms with E-state index in [0.717, 1.165) is 5.82 Å². The molecular weight excluding hydrogens is 204 g/mol. The Morgan fingerprint density at radius 2 is 1.87 bits per heavy atom. The second-order valence-electron chi connectivity index (χ2n) is 3.04. The van der Waals surface area contributed by atoms with E-state index in [2.05, 4.69) is 22.4 Å². The molecule has 3 heteroatoms. The maximum Gasteiger partial charge on any atom is 0.126 e. The Morgan fingerprint density at radius 3 is 2.60 bits per heavy atom. The van der Waals surface area contributed by atoms with Crippen molar-refractivity contribution >= 4 is 17.6 Å². The van der Waals surface area contributed by atoms with Gasteiger partial charge in [0.2, 0.25) is 0 Å². The second kappa shape index (κ2) is 4.84. The van der Waals surface area contributed by atoms with Gasteiger partial charge in [0.15, 0.2) is 0 Å². The highest BCUT2D eigenvalue weighted by atomic mass is 32.2. The number of aromatic nitrogens is 1. The third-order valence-corrected chi connectivity index (χ3v) is 2.96. The van der Waals surface area contributed by atoms with E-state index in [1.807, 2.05) is 43.6 Å². The van der Waals surface area contributed by atoms with Crippen molar-refractivity contribution < 1.29 is 0 Å². The standard InChI is InChI=1S/C12H12N2S/c1-13-12-9-11(7-8-14-12)15-10-5-3-2-4-6-10/h2-9H,1H3,(H,13,14). The fraction of sp³-hybridized carbons (Fsp3) is 0.0833. The van der Waals surface area contributed by atoms with Crippen molar-refractivity contribution in [2.45, 2.75) is 9.79 Å². The van der Waals surface area contributed by atoms with E-state index < -0.39 is 0 Å². The zero-order valence-electron chi connectivity index (χ0n) is 8.47. The summed E-state index contributed by atoms with van der Waals surface area (Å²) < 4.78 is 0. The van der Waals surface area contributed by atoms with Crippen LogP contribution in [0.3, 0.4) is 0 Å². The van der Waals surface area contributed by atoms with Gasteiger partial charge < -0.3 is 5.32 Å². The van der Waals surface area contributed by atoms with E-state index in [4.69, 9.17) is 0 Å². The predicted octanol–water partition coefficient (Wildman–Crippen LogP) is 3.27. The molecule has 0 amide bonds. The molecule has 2 nitrogen and oxygen atoms in total. The molecule has 0 atom stereocenters. The van der Waals surface area contributed by atoms with Crippen molar-refractivity contribution in [3.63, 3.8) is 0 Å². The lowest BCUT2D eigenvalue weighted by Crippen LogP contribution is -1.90. The van der Waals surface area contributed by atoms with Gasteiger partial charge in [-0.15, -0.1) is 0 Å². The van der Waals surface area contributed by atoms with Crippen molar-refractivity contribution in [1.29, 1.82) is 0 Å². The highest BCUT2D eigenvalue weighted by Crippen LogP contribution is 2.27. The Hall–Kier alpha value is -1.48. The molecule has 0 aliphatic rings. The molecule has 0 radical (unpaired) electrons. The first-order valence-corrected chi connectivity index (χ1v) is 5.57. The van der Waals surface area contributed by atoms with Crippen LogP contribution in [-0.2, 0) is 0 Å². The summed E-state index contributed by atoms with van der Waals surface area (Å²) in [5.74, 6) is 0.899. The molecular formula is C12H12N2S. The van der Waals surface area contributed by atoms with E-state index in [0.29, 0.717) is 0 Å². The molecule has 15 heavy (non-hydrogen) atoms. The first-order valence-electron chi connectivity index (χ1n) is 4.75. The van der Waals surface area contributed by atoms with Gasteiger partial charge in [-0.2, -0.15) is 0 Å². The van der Waals surface area contributed by atoms with Crippen molar-refractivity contribution in [2.75, 3.05) is 12.4 Å². The van der Waals surface area contributed by atoms with Gasteiger partial charge in [0.1, 0.15) is 5.82 Å². The Kier molecular flexibility index (Phi) is 3.25. The normalized spacial score (nSPS) is 9.93. The number of nitrogens with zero attached hydrogens (tertiary/aromatic N) is 1. The van der Waals surface area contributed by atoms with Crippen LogP contribution in [0.15, 0.2) is 58.5 Å².